The topological polar surface area (TPSA) is 70.5 Å². The maximum absolute atomic E-state index is 13.0. The van der Waals surface area contributed by atoms with Gasteiger partial charge in [-0.2, -0.15) is 0 Å². The predicted molar refractivity (Wildman–Crippen MR) is 102 cm³/mol. The van der Waals surface area contributed by atoms with Crippen LogP contribution >= 0.6 is 0 Å². The smallest absolute Gasteiger partial charge is 0.227 e. The van der Waals surface area contributed by atoms with Crippen molar-refractivity contribution in [2.75, 3.05) is 31.1 Å². The third kappa shape index (κ3) is 3.47. The van der Waals surface area contributed by atoms with Crippen molar-refractivity contribution in [3.63, 3.8) is 0 Å². The summed E-state index contributed by atoms with van der Waals surface area (Å²) in [5.74, 6) is 1.05. The molecule has 2 amide bonds. The van der Waals surface area contributed by atoms with Gasteiger partial charge in [0.1, 0.15) is 11.9 Å². The van der Waals surface area contributed by atoms with Gasteiger partial charge in [0, 0.05) is 64.1 Å². The average Bonchev–Trinajstić information content (AvgIpc) is 3.12. The standard InChI is InChI=1S/C20H25N5O2/c1-23-12-10-22-20(23)17-14-21-9-13-25(17)19(27)8-11-24-16-5-3-2-4-15(16)6-7-18(24)26/h2-5,10,12,17,21H,6-9,11,13-14H2,1H3. The minimum Gasteiger partial charge on any atom is -0.336 e. The van der Waals surface area contributed by atoms with Crippen LogP contribution in [0.25, 0.3) is 0 Å². The largest absolute Gasteiger partial charge is 0.336 e. The Balaban J connectivity index is 1.47. The highest BCUT2D eigenvalue weighted by atomic mass is 16.2. The van der Waals surface area contributed by atoms with E-state index in [1.807, 2.05) is 40.9 Å². The number of fused-ring (bicyclic) bond motifs is 1. The molecule has 7 nitrogen and oxygen atoms in total. The van der Waals surface area contributed by atoms with Gasteiger partial charge >= 0.3 is 0 Å². The SMILES string of the molecule is Cn1ccnc1C1CNCCN1C(=O)CCN1C(=O)CCc2ccccc21. The lowest BCUT2D eigenvalue weighted by molar-refractivity contribution is -0.134. The number of aromatic nitrogens is 2. The lowest BCUT2D eigenvalue weighted by atomic mass is 10.0. The summed E-state index contributed by atoms with van der Waals surface area (Å²) in [7, 11) is 1.95. The highest BCUT2D eigenvalue weighted by Gasteiger charge is 2.31. The highest BCUT2D eigenvalue weighted by molar-refractivity contribution is 5.97. The third-order valence-corrected chi connectivity index (χ3v) is 5.46. The quantitative estimate of drug-likeness (QED) is 0.883. The molecule has 1 unspecified atom stereocenters. The fourth-order valence-corrected chi connectivity index (χ4v) is 4.02. The first kappa shape index (κ1) is 17.7. The number of hydrogen-bond acceptors (Lipinski definition) is 4. The van der Waals surface area contributed by atoms with Crippen molar-refractivity contribution >= 4 is 17.5 Å². The van der Waals surface area contributed by atoms with Gasteiger partial charge < -0.3 is 19.7 Å². The van der Waals surface area contributed by atoms with E-state index in [-0.39, 0.29) is 17.9 Å². The van der Waals surface area contributed by atoms with Crippen molar-refractivity contribution in [1.82, 2.24) is 19.8 Å². The van der Waals surface area contributed by atoms with E-state index in [9.17, 15) is 9.59 Å². The Morgan fingerprint density at radius 3 is 2.96 bits per heavy atom. The summed E-state index contributed by atoms with van der Waals surface area (Å²) in [5.41, 5.74) is 2.13. The van der Waals surface area contributed by atoms with Gasteiger partial charge in [0.05, 0.1) is 0 Å². The fourth-order valence-electron chi connectivity index (χ4n) is 4.02. The van der Waals surface area contributed by atoms with Crippen molar-refractivity contribution in [2.45, 2.75) is 25.3 Å². The molecule has 1 fully saturated rings. The molecule has 1 atom stereocenters. The number of carbonyl (C=O) groups is 2. The van der Waals surface area contributed by atoms with Gasteiger partial charge in [-0.3, -0.25) is 9.59 Å². The van der Waals surface area contributed by atoms with E-state index in [2.05, 4.69) is 16.4 Å². The summed E-state index contributed by atoms with van der Waals surface area (Å²) >= 11 is 0. The highest BCUT2D eigenvalue weighted by Crippen LogP contribution is 2.28. The van der Waals surface area contributed by atoms with E-state index < -0.39 is 0 Å². The maximum Gasteiger partial charge on any atom is 0.227 e. The molecule has 2 aliphatic heterocycles. The van der Waals surface area contributed by atoms with Crippen molar-refractivity contribution in [2.24, 2.45) is 7.05 Å². The minimum absolute atomic E-state index is 0.0698. The molecule has 2 aromatic rings. The molecule has 7 heteroatoms. The molecule has 1 aromatic carbocycles. The van der Waals surface area contributed by atoms with Gasteiger partial charge in [0.25, 0.3) is 0 Å². The van der Waals surface area contributed by atoms with Crippen molar-refractivity contribution < 1.29 is 9.59 Å². The number of imidazole rings is 1. The van der Waals surface area contributed by atoms with Crippen LogP contribution in [0.4, 0.5) is 5.69 Å². The summed E-state index contributed by atoms with van der Waals surface area (Å²) in [6.45, 7) is 2.55. The van der Waals surface area contributed by atoms with E-state index in [1.54, 1.807) is 11.1 Å². The normalized spacial score (nSPS) is 19.9. The molecule has 0 saturated carbocycles. The van der Waals surface area contributed by atoms with Crippen molar-refractivity contribution in [1.29, 1.82) is 0 Å². The second-order valence-corrected chi connectivity index (χ2v) is 7.13. The molecule has 4 rings (SSSR count). The number of aryl methyl sites for hydroxylation is 2. The fraction of sp³-hybridized carbons (Fsp3) is 0.450. The molecular weight excluding hydrogens is 342 g/mol. The first-order valence-electron chi connectivity index (χ1n) is 9.51. The molecular formula is C20H25N5O2. The van der Waals surface area contributed by atoms with Crippen LogP contribution in [-0.2, 0) is 23.1 Å². The van der Waals surface area contributed by atoms with Crippen LogP contribution in [0.2, 0.25) is 0 Å². The second-order valence-electron chi connectivity index (χ2n) is 7.13. The van der Waals surface area contributed by atoms with Gasteiger partial charge in [0.2, 0.25) is 11.8 Å². The molecule has 1 N–H and O–H groups in total. The van der Waals surface area contributed by atoms with Crippen LogP contribution in [0, 0.1) is 0 Å². The molecule has 0 spiro atoms. The lowest BCUT2D eigenvalue weighted by Gasteiger charge is -2.36. The average molecular weight is 367 g/mol. The molecule has 142 valence electrons. The van der Waals surface area contributed by atoms with Crippen LogP contribution in [0.15, 0.2) is 36.7 Å². The zero-order chi connectivity index (χ0) is 18.8. The number of para-hydroxylation sites is 1. The third-order valence-electron chi connectivity index (χ3n) is 5.46. The number of rotatable bonds is 4. The second kappa shape index (κ2) is 7.52. The summed E-state index contributed by atoms with van der Waals surface area (Å²) in [4.78, 5) is 33.5. The number of piperazine rings is 1. The number of nitrogens with zero attached hydrogens (tertiary/aromatic N) is 4. The molecule has 0 radical (unpaired) electrons. The Labute approximate surface area is 159 Å². The number of anilines is 1. The minimum atomic E-state index is -0.0735. The molecule has 27 heavy (non-hydrogen) atoms. The molecule has 1 saturated heterocycles. The van der Waals surface area contributed by atoms with E-state index in [1.165, 1.54) is 5.56 Å². The summed E-state index contributed by atoms with van der Waals surface area (Å²) < 4.78 is 1.96. The van der Waals surface area contributed by atoms with Crippen molar-refractivity contribution in [3.8, 4) is 0 Å². The number of carbonyl (C=O) groups excluding carboxylic acids is 2. The summed E-state index contributed by atoms with van der Waals surface area (Å²) in [5, 5.41) is 3.35. The van der Waals surface area contributed by atoms with Crippen LogP contribution < -0.4 is 10.2 Å². The van der Waals surface area contributed by atoms with E-state index in [0.29, 0.717) is 32.5 Å². The van der Waals surface area contributed by atoms with Gasteiger partial charge in [-0.15, -0.1) is 0 Å². The van der Waals surface area contributed by atoms with Crippen molar-refractivity contribution in [3.05, 3.63) is 48.0 Å². The Bertz CT molecular complexity index is 846. The molecule has 3 heterocycles. The van der Waals surface area contributed by atoms with Crippen LogP contribution in [0.1, 0.15) is 30.3 Å². The summed E-state index contributed by atoms with van der Waals surface area (Å²) in [6.07, 6.45) is 5.26. The predicted octanol–water partition coefficient (Wildman–Crippen LogP) is 1.26. The summed E-state index contributed by atoms with van der Waals surface area (Å²) in [6, 6.07) is 7.90. The zero-order valence-electron chi connectivity index (χ0n) is 15.6. The Morgan fingerprint density at radius 2 is 2.15 bits per heavy atom. The van der Waals surface area contributed by atoms with Crippen LogP contribution in [0.3, 0.4) is 0 Å². The zero-order valence-corrected chi connectivity index (χ0v) is 15.6. The van der Waals surface area contributed by atoms with E-state index in [4.69, 9.17) is 0 Å². The Morgan fingerprint density at radius 1 is 1.30 bits per heavy atom. The number of benzene rings is 1. The van der Waals surface area contributed by atoms with Gasteiger partial charge in [-0.1, -0.05) is 18.2 Å². The van der Waals surface area contributed by atoms with Crippen LogP contribution in [0.5, 0.6) is 0 Å². The first-order valence-corrected chi connectivity index (χ1v) is 9.51. The number of nitrogens with one attached hydrogen (secondary N) is 1. The molecule has 2 aliphatic rings. The van der Waals surface area contributed by atoms with Gasteiger partial charge in [0.15, 0.2) is 0 Å². The Hall–Kier alpha value is -2.67. The first-order chi connectivity index (χ1) is 13.1. The molecule has 1 aromatic heterocycles. The number of hydrogen-bond donors (Lipinski definition) is 1. The van der Waals surface area contributed by atoms with Gasteiger partial charge in [-0.05, 0) is 18.1 Å². The van der Waals surface area contributed by atoms with E-state index in [0.717, 1.165) is 24.5 Å². The Kier molecular flexibility index (Phi) is 4.94. The van der Waals surface area contributed by atoms with Gasteiger partial charge in [-0.25, -0.2) is 4.98 Å². The molecule has 0 aliphatic carbocycles. The number of amides is 2. The van der Waals surface area contributed by atoms with Crippen LogP contribution in [-0.4, -0.2) is 52.4 Å². The molecule has 0 bridgehead atoms. The maximum atomic E-state index is 13.0. The lowest BCUT2D eigenvalue weighted by Crippen LogP contribution is -2.50. The van der Waals surface area contributed by atoms with E-state index >= 15 is 0 Å². The monoisotopic (exact) mass is 367 g/mol.